The Hall–Kier alpha value is -1.35. The second-order valence-corrected chi connectivity index (χ2v) is 6.30. The molecule has 0 spiro atoms. The molecule has 1 aromatic rings. The highest BCUT2D eigenvalue weighted by Gasteiger charge is 2.14. The summed E-state index contributed by atoms with van der Waals surface area (Å²) in [4.78, 5) is 0.160. The molecule has 0 amide bonds. The first-order chi connectivity index (χ1) is 8.45. The van der Waals surface area contributed by atoms with E-state index in [1.54, 1.807) is 12.1 Å². The minimum Gasteiger partial charge on any atom is -0.311 e. The Labute approximate surface area is 112 Å². The van der Waals surface area contributed by atoms with Crippen molar-refractivity contribution in [1.82, 2.24) is 5.32 Å². The molecule has 0 atom stereocenters. The maximum atomic E-state index is 11.9. The molecular weight excluding hydrogens is 272 g/mol. The van der Waals surface area contributed by atoms with Crippen molar-refractivity contribution in [2.75, 3.05) is 18.8 Å². The van der Waals surface area contributed by atoms with Gasteiger partial charge in [-0.2, -0.15) is 5.26 Å². The normalized spacial score (nSPS) is 10.9. The zero-order valence-corrected chi connectivity index (χ0v) is 11.3. The van der Waals surface area contributed by atoms with E-state index in [1.165, 1.54) is 12.1 Å². The van der Waals surface area contributed by atoms with Gasteiger partial charge in [-0.25, -0.2) is 8.42 Å². The van der Waals surface area contributed by atoms with E-state index < -0.39 is 9.84 Å². The quantitative estimate of drug-likeness (QED) is 0.807. The molecule has 0 aliphatic carbocycles. The number of hydrogen-bond acceptors (Lipinski definition) is 4. The number of rotatable bonds is 6. The molecule has 96 valence electrons. The van der Waals surface area contributed by atoms with Crippen molar-refractivity contribution in [2.45, 2.75) is 4.90 Å². The molecule has 1 aromatic carbocycles. The number of hydrogen-bond donors (Lipinski definition) is 1. The Morgan fingerprint density at radius 1 is 1.50 bits per heavy atom. The third-order valence-electron chi connectivity index (χ3n) is 2.19. The molecular formula is C12H13ClN2O2S. The number of benzene rings is 1. The first-order valence-electron chi connectivity index (χ1n) is 5.22. The molecule has 6 heteroatoms. The van der Waals surface area contributed by atoms with Gasteiger partial charge in [0.15, 0.2) is 9.84 Å². The Balaban J connectivity index is 2.69. The molecule has 0 fully saturated rings. The fourth-order valence-electron chi connectivity index (χ4n) is 1.31. The lowest BCUT2D eigenvalue weighted by molar-refractivity contribution is 0.592. The zero-order chi connectivity index (χ0) is 13.6. The van der Waals surface area contributed by atoms with E-state index in [4.69, 9.17) is 16.9 Å². The van der Waals surface area contributed by atoms with Gasteiger partial charge in [0.25, 0.3) is 0 Å². The summed E-state index contributed by atoms with van der Waals surface area (Å²) in [5.41, 5.74) is 0.332. The average Bonchev–Trinajstić information content (AvgIpc) is 2.34. The van der Waals surface area contributed by atoms with Crippen LogP contribution in [0.15, 0.2) is 40.8 Å². The van der Waals surface area contributed by atoms with Gasteiger partial charge in [0.1, 0.15) is 0 Å². The molecule has 0 aromatic heterocycles. The van der Waals surface area contributed by atoms with Crippen LogP contribution in [0.5, 0.6) is 0 Å². The van der Waals surface area contributed by atoms with Crippen molar-refractivity contribution in [3.05, 3.63) is 41.4 Å². The van der Waals surface area contributed by atoms with Crippen molar-refractivity contribution in [2.24, 2.45) is 0 Å². The first kappa shape index (κ1) is 14.7. The number of sulfone groups is 1. The summed E-state index contributed by atoms with van der Waals surface area (Å²) in [5.74, 6) is -0.0496. The van der Waals surface area contributed by atoms with Crippen LogP contribution in [-0.4, -0.2) is 27.3 Å². The van der Waals surface area contributed by atoms with Crippen LogP contribution < -0.4 is 5.32 Å². The van der Waals surface area contributed by atoms with Crippen LogP contribution in [0.4, 0.5) is 0 Å². The molecule has 18 heavy (non-hydrogen) atoms. The maximum Gasteiger partial charge on any atom is 0.179 e. The van der Waals surface area contributed by atoms with Crippen LogP contribution in [0, 0.1) is 11.3 Å². The summed E-state index contributed by atoms with van der Waals surface area (Å²) >= 11 is 5.54. The number of nitrogens with zero attached hydrogens (tertiary/aromatic N) is 1. The third-order valence-corrected chi connectivity index (χ3v) is 4.03. The van der Waals surface area contributed by atoms with E-state index >= 15 is 0 Å². The van der Waals surface area contributed by atoms with E-state index in [2.05, 4.69) is 11.9 Å². The summed E-state index contributed by atoms with van der Waals surface area (Å²) in [6.07, 6.45) is 0. The largest absolute Gasteiger partial charge is 0.311 e. The van der Waals surface area contributed by atoms with E-state index in [9.17, 15) is 8.42 Å². The minimum absolute atomic E-state index is 0.0496. The van der Waals surface area contributed by atoms with E-state index in [0.29, 0.717) is 17.1 Å². The monoisotopic (exact) mass is 284 g/mol. The van der Waals surface area contributed by atoms with E-state index in [1.807, 2.05) is 6.07 Å². The predicted octanol–water partition coefficient (Wildman–Crippen LogP) is 1.67. The third kappa shape index (κ3) is 4.49. The van der Waals surface area contributed by atoms with Gasteiger partial charge in [0.2, 0.25) is 0 Å². The Bertz CT molecular complexity index is 576. The van der Waals surface area contributed by atoms with Gasteiger partial charge < -0.3 is 5.32 Å². The van der Waals surface area contributed by atoms with Crippen LogP contribution in [0.3, 0.4) is 0 Å². The van der Waals surface area contributed by atoms with Gasteiger partial charge in [-0.05, 0) is 18.2 Å². The summed E-state index contributed by atoms with van der Waals surface area (Å²) in [5, 5.41) is 12.0. The van der Waals surface area contributed by atoms with Gasteiger partial charge in [-0.15, -0.1) is 0 Å². The van der Waals surface area contributed by atoms with Crippen LogP contribution in [-0.2, 0) is 9.84 Å². The van der Waals surface area contributed by atoms with Crippen LogP contribution >= 0.6 is 11.6 Å². The van der Waals surface area contributed by atoms with Crippen molar-refractivity contribution < 1.29 is 8.42 Å². The molecule has 0 bridgehead atoms. The summed E-state index contributed by atoms with van der Waals surface area (Å²) < 4.78 is 23.9. The molecule has 0 saturated heterocycles. The van der Waals surface area contributed by atoms with Crippen LogP contribution in [0.25, 0.3) is 0 Å². The molecule has 0 heterocycles. The summed E-state index contributed by atoms with van der Waals surface area (Å²) in [6, 6.07) is 7.89. The Kier molecular flexibility index (Phi) is 5.35. The number of halogens is 1. The molecule has 0 saturated carbocycles. The minimum atomic E-state index is -3.38. The van der Waals surface area contributed by atoms with Crippen molar-refractivity contribution in [1.29, 1.82) is 5.26 Å². The SMILES string of the molecule is C=C(Cl)CNCCS(=O)(=O)c1cccc(C#N)c1. The highest BCUT2D eigenvalue weighted by Crippen LogP contribution is 2.12. The first-order valence-corrected chi connectivity index (χ1v) is 7.25. The Morgan fingerprint density at radius 3 is 2.83 bits per heavy atom. The van der Waals surface area contributed by atoms with Crippen LogP contribution in [0.2, 0.25) is 0 Å². The maximum absolute atomic E-state index is 11.9. The molecule has 4 nitrogen and oxygen atoms in total. The molecule has 0 aliphatic heterocycles. The van der Waals surface area contributed by atoms with Gasteiger partial charge in [-0.3, -0.25) is 0 Å². The van der Waals surface area contributed by atoms with Crippen molar-refractivity contribution >= 4 is 21.4 Å². The van der Waals surface area contributed by atoms with Gasteiger partial charge in [0.05, 0.1) is 22.3 Å². The van der Waals surface area contributed by atoms with Crippen LogP contribution in [0.1, 0.15) is 5.56 Å². The molecule has 1 rings (SSSR count). The molecule has 1 N–H and O–H groups in total. The highest BCUT2D eigenvalue weighted by atomic mass is 35.5. The standard InChI is InChI=1S/C12H13ClN2O2S/c1-10(13)9-15-5-6-18(16,17)12-4-2-3-11(7-12)8-14/h2-4,7,15H,1,5-6,9H2. The smallest absolute Gasteiger partial charge is 0.179 e. The zero-order valence-electron chi connectivity index (χ0n) is 9.69. The number of nitriles is 1. The molecule has 0 aliphatic rings. The van der Waals surface area contributed by atoms with E-state index in [-0.39, 0.29) is 17.2 Å². The lowest BCUT2D eigenvalue weighted by Gasteiger charge is -2.06. The summed E-state index contributed by atoms with van der Waals surface area (Å²) in [6.45, 7) is 4.14. The highest BCUT2D eigenvalue weighted by molar-refractivity contribution is 7.91. The topological polar surface area (TPSA) is 70.0 Å². The Morgan fingerprint density at radius 2 is 2.22 bits per heavy atom. The molecule has 0 radical (unpaired) electrons. The van der Waals surface area contributed by atoms with Crippen molar-refractivity contribution in [3.8, 4) is 6.07 Å². The summed E-state index contributed by atoms with van der Waals surface area (Å²) in [7, 11) is -3.38. The van der Waals surface area contributed by atoms with Gasteiger partial charge >= 0.3 is 0 Å². The fraction of sp³-hybridized carbons (Fsp3) is 0.250. The van der Waals surface area contributed by atoms with Crippen molar-refractivity contribution in [3.63, 3.8) is 0 Å². The average molecular weight is 285 g/mol. The number of nitrogens with one attached hydrogen (secondary N) is 1. The van der Waals surface area contributed by atoms with Gasteiger partial charge in [-0.1, -0.05) is 24.2 Å². The molecule has 0 unspecified atom stereocenters. The van der Waals surface area contributed by atoms with Gasteiger partial charge in [0, 0.05) is 18.1 Å². The second-order valence-electron chi connectivity index (χ2n) is 3.65. The lowest BCUT2D eigenvalue weighted by atomic mass is 10.2. The fourth-order valence-corrected chi connectivity index (χ4v) is 2.64. The lowest BCUT2D eigenvalue weighted by Crippen LogP contribution is -2.24. The predicted molar refractivity (Wildman–Crippen MR) is 71.1 cm³/mol. The van der Waals surface area contributed by atoms with E-state index in [0.717, 1.165) is 0 Å². The second kappa shape index (κ2) is 6.55.